The molecule has 2 N–H and O–H groups in total. The number of anilines is 1. The van der Waals surface area contributed by atoms with Gasteiger partial charge >= 0.3 is 0 Å². The molecule has 2 rings (SSSR count). The van der Waals surface area contributed by atoms with Gasteiger partial charge in [0.05, 0.1) is 11.5 Å². The average molecular weight is 349 g/mol. The van der Waals surface area contributed by atoms with Crippen LogP contribution in [0.1, 0.15) is 17.4 Å². The zero-order valence-electron chi connectivity index (χ0n) is 13.4. The van der Waals surface area contributed by atoms with E-state index >= 15 is 0 Å². The van der Waals surface area contributed by atoms with Crippen molar-refractivity contribution in [2.75, 3.05) is 19.0 Å². The topological polar surface area (TPSA) is 97.4 Å². The molecule has 0 saturated heterocycles. The summed E-state index contributed by atoms with van der Waals surface area (Å²) in [6.45, 7) is 1.99. The molecule has 1 aromatic heterocycles. The van der Waals surface area contributed by atoms with Crippen molar-refractivity contribution in [2.24, 2.45) is 0 Å². The fourth-order valence-corrected chi connectivity index (χ4v) is 3.25. The van der Waals surface area contributed by atoms with Crippen LogP contribution in [0.3, 0.4) is 0 Å². The first kappa shape index (κ1) is 18.1. The molecule has 0 aliphatic heterocycles. The van der Waals surface area contributed by atoms with Crippen molar-refractivity contribution in [1.82, 2.24) is 9.71 Å². The smallest absolute Gasteiger partial charge is 0.274 e. The maximum absolute atomic E-state index is 12.2. The Balaban J connectivity index is 2.06. The van der Waals surface area contributed by atoms with E-state index in [4.69, 9.17) is 4.74 Å². The summed E-state index contributed by atoms with van der Waals surface area (Å²) >= 11 is 0. The van der Waals surface area contributed by atoms with Crippen LogP contribution < -0.4 is 10.0 Å². The first-order chi connectivity index (χ1) is 11.4. The highest BCUT2D eigenvalue weighted by Crippen LogP contribution is 2.15. The number of carbonyl (C=O) groups excluding carboxylic acids is 1. The quantitative estimate of drug-likeness (QED) is 0.792. The van der Waals surface area contributed by atoms with Gasteiger partial charge in [0, 0.05) is 25.0 Å². The largest absolute Gasteiger partial charge is 0.383 e. The average Bonchev–Trinajstić information content (AvgIpc) is 2.56. The summed E-state index contributed by atoms with van der Waals surface area (Å²) in [6, 6.07) is 10.6. The Hall–Kier alpha value is -2.29. The molecule has 24 heavy (non-hydrogen) atoms. The number of nitrogens with one attached hydrogen (secondary N) is 2. The molecule has 0 spiro atoms. The van der Waals surface area contributed by atoms with E-state index in [2.05, 4.69) is 15.0 Å². The van der Waals surface area contributed by atoms with Crippen LogP contribution in [-0.2, 0) is 14.8 Å². The molecule has 8 heteroatoms. The summed E-state index contributed by atoms with van der Waals surface area (Å²) in [4.78, 5) is 16.1. The molecule has 0 fully saturated rings. The molecule has 7 nitrogen and oxygen atoms in total. The predicted octanol–water partition coefficient (Wildman–Crippen LogP) is 1.65. The minimum atomic E-state index is -3.63. The second-order valence-electron chi connectivity index (χ2n) is 5.17. The maximum atomic E-state index is 12.2. The number of carbonyl (C=O) groups is 1. The second kappa shape index (κ2) is 8.00. The molecule has 128 valence electrons. The van der Waals surface area contributed by atoms with Gasteiger partial charge in [0.2, 0.25) is 10.0 Å². The van der Waals surface area contributed by atoms with Gasteiger partial charge in [-0.3, -0.25) is 9.78 Å². The van der Waals surface area contributed by atoms with Gasteiger partial charge in [0.1, 0.15) is 5.69 Å². The van der Waals surface area contributed by atoms with Gasteiger partial charge in [-0.05, 0) is 43.3 Å². The Kier molecular flexibility index (Phi) is 6.02. The Morgan fingerprint density at radius 2 is 1.92 bits per heavy atom. The SMILES string of the molecule is COC[C@@H](C)NS(=O)(=O)c1ccc(NC(=O)c2ccccn2)cc1. The molecule has 0 bridgehead atoms. The van der Waals surface area contributed by atoms with Crippen LogP contribution in [0.5, 0.6) is 0 Å². The number of hydrogen-bond donors (Lipinski definition) is 2. The van der Waals surface area contributed by atoms with Crippen molar-refractivity contribution in [1.29, 1.82) is 0 Å². The lowest BCUT2D eigenvalue weighted by Gasteiger charge is -2.13. The van der Waals surface area contributed by atoms with Crippen LogP contribution in [-0.4, -0.2) is 39.1 Å². The number of hydrogen-bond acceptors (Lipinski definition) is 5. The number of aromatic nitrogens is 1. The Morgan fingerprint density at radius 3 is 2.50 bits per heavy atom. The summed E-state index contributed by atoms with van der Waals surface area (Å²) in [5.41, 5.74) is 0.763. The number of pyridine rings is 1. The lowest BCUT2D eigenvalue weighted by molar-refractivity contribution is 0.102. The lowest BCUT2D eigenvalue weighted by atomic mass is 10.3. The van der Waals surface area contributed by atoms with Gasteiger partial charge in [-0.2, -0.15) is 0 Å². The van der Waals surface area contributed by atoms with E-state index in [1.807, 2.05) is 0 Å². The van der Waals surface area contributed by atoms with Crippen LogP contribution >= 0.6 is 0 Å². The molecule has 1 aromatic carbocycles. The molecule has 0 unspecified atom stereocenters. The third kappa shape index (κ3) is 4.85. The van der Waals surface area contributed by atoms with Crippen molar-refractivity contribution < 1.29 is 17.9 Å². The summed E-state index contributed by atoms with van der Waals surface area (Å²) in [6.07, 6.45) is 1.53. The summed E-state index contributed by atoms with van der Waals surface area (Å²) in [5.74, 6) is -0.363. The van der Waals surface area contributed by atoms with Gasteiger partial charge < -0.3 is 10.1 Å². The molecule has 1 heterocycles. The molecule has 1 amide bonds. The number of amides is 1. The predicted molar refractivity (Wildman–Crippen MR) is 90.3 cm³/mol. The van der Waals surface area contributed by atoms with Crippen LogP contribution in [0, 0.1) is 0 Å². The molecular weight excluding hydrogens is 330 g/mol. The molecule has 2 aromatic rings. The Morgan fingerprint density at radius 1 is 1.21 bits per heavy atom. The number of methoxy groups -OCH3 is 1. The van der Waals surface area contributed by atoms with Crippen LogP contribution in [0.2, 0.25) is 0 Å². The normalized spacial score (nSPS) is 12.6. The molecule has 0 aliphatic rings. The van der Waals surface area contributed by atoms with E-state index in [1.54, 1.807) is 25.1 Å². The molecular formula is C16H19N3O4S. The van der Waals surface area contributed by atoms with Crippen molar-refractivity contribution >= 4 is 21.6 Å². The number of ether oxygens (including phenoxy) is 1. The van der Waals surface area contributed by atoms with Gasteiger partial charge in [0.25, 0.3) is 5.91 Å². The minimum absolute atomic E-state index is 0.112. The Labute approximate surface area is 141 Å². The zero-order valence-corrected chi connectivity index (χ0v) is 14.2. The first-order valence-electron chi connectivity index (χ1n) is 7.26. The van der Waals surface area contributed by atoms with Crippen LogP contribution in [0.4, 0.5) is 5.69 Å². The minimum Gasteiger partial charge on any atom is -0.383 e. The highest BCUT2D eigenvalue weighted by Gasteiger charge is 2.17. The molecule has 0 radical (unpaired) electrons. The third-order valence-electron chi connectivity index (χ3n) is 3.09. The van der Waals surface area contributed by atoms with Crippen molar-refractivity contribution in [3.63, 3.8) is 0 Å². The van der Waals surface area contributed by atoms with Gasteiger partial charge in [0.15, 0.2) is 0 Å². The maximum Gasteiger partial charge on any atom is 0.274 e. The molecule has 1 atom stereocenters. The fraction of sp³-hybridized carbons (Fsp3) is 0.250. The van der Waals surface area contributed by atoms with Crippen molar-refractivity contribution in [3.05, 3.63) is 54.4 Å². The van der Waals surface area contributed by atoms with Crippen LogP contribution in [0.15, 0.2) is 53.6 Å². The molecule has 0 saturated carbocycles. The number of sulfonamides is 1. The van der Waals surface area contributed by atoms with E-state index in [0.717, 1.165) is 0 Å². The monoisotopic (exact) mass is 349 g/mol. The van der Waals surface area contributed by atoms with E-state index in [0.29, 0.717) is 5.69 Å². The van der Waals surface area contributed by atoms with E-state index in [1.165, 1.54) is 37.6 Å². The summed E-state index contributed by atoms with van der Waals surface area (Å²) in [5, 5.41) is 2.66. The van der Waals surface area contributed by atoms with Crippen LogP contribution in [0.25, 0.3) is 0 Å². The summed E-state index contributed by atoms with van der Waals surface area (Å²) < 4.78 is 31.8. The van der Waals surface area contributed by atoms with Gasteiger partial charge in [-0.25, -0.2) is 13.1 Å². The zero-order chi connectivity index (χ0) is 17.6. The highest BCUT2D eigenvalue weighted by molar-refractivity contribution is 7.89. The fourth-order valence-electron chi connectivity index (χ4n) is 2.03. The third-order valence-corrected chi connectivity index (χ3v) is 4.70. The lowest BCUT2D eigenvalue weighted by Crippen LogP contribution is -2.35. The summed E-state index contributed by atoms with van der Waals surface area (Å²) in [7, 11) is -2.13. The standard InChI is InChI=1S/C16H19N3O4S/c1-12(11-23-2)19-24(21,22)14-8-6-13(7-9-14)18-16(20)15-5-3-4-10-17-15/h3-10,12,19H,11H2,1-2H3,(H,18,20)/t12-/m1/s1. The number of rotatable bonds is 7. The number of benzene rings is 1. The highest BCUT2D eigenvalue weighted by atomic mass is 32.2. The second-order valence-corrected chi connectivity index (χ2v) is 6.89. The van der Waals surface area contributed by atoms with Crippen molar-refractivity contribution in [3.8, 4) is 0 Å². The van der Waals surface area contributed by atoms with E-state index in [-0.39, 0.29) is 29.1 Å². The van der Waals surface area contributed by atoms with Gasteiger partial charge in [-0.1, -0.05) is 6.07 Å². The van der Waals surface area contributed by atoms with Crippen molar-refractivity contribution in [2.45, 2.75) is 17.9 Å². The van der Waals surface area contributed by atoms with Gasteiger partial charge in [-0.15, -0.1) is 0 Å². The van der Waals surface area contributed by atoms with E-state index in [9.17, 15) is 13.2 Å². The van der Waals surface area contributed by atoms with E-state index < -0.39 is 10.0 Å². The molecule has 0 aliphatic carbocycles. The number of nitrogens with zero attached hydrogens (tertiary/aromatic N) is 1. The Bertz CT molecular complexity index is 777. The first-order valence-corrected chi connectivity index (χ1v) is 8.74.